The number of nitrogen functional groups attached to an aromatic ring is 1. The van der Waals surface area contributed by atoms with E-state index < -0.39 is 5.38 Å². The molecule has 1 atom stereocenters. The number of ketones is 1. The van der Waals surface area contributed by atoms with Crippen LogP contribution in [-0.4, -0.2) is 5.78 Å². The van der Waals surface area contributed by atoms with Gasteiger partial charge in [-0.1, -0.05) is 34.1 Å². The second-order valence-corrected chi connectivity index (χ2v) is 4.02. The standard InChI is InChI=1S/C10H11BrClNO/c1-6(14)9(12)8-4-2-3-7(5-11)10(8)13/h2-4,9H,5,13H2,1H3. The van der Waals surface area contributed by atoms with Gasteiger partial charge in [-0.25, -0.2) is 0 Å². The van der Waals surface area contributed by atoms with Crippen LogP contribution in [0.1, 0.15) is 23.4 Å². The highest BCUT2D eigenvalue weighted by molar-refractivity contribution is 9.08. The molecule has 1 aromatic carbocycles. The second kappa shape index (κ2) is 4.80. The van der Waals surface area contributed by atoms with E-state index in [9.17, 15) is 4.79 Å². The molecule has 0 amide bonds. The summed E-state index contributed by atoms with van der Waals surface area (Å²) in [5, 5.41) is 0.0165. The van der Waals surface area contributed by atoms with Crippen LogP contribution in [0, 0.1) is 0 Å². The van der Waals surface area contributed by atoms with Crippen LogP contribution < -0.4 is 5.73 Å². The van der Waals surface area contributed by atoms with Crippen LogP contribution in [0.3, 0.4) is 0 Å². The van der Waals surface area contributed by atoms with E-state index in [-0.39, 0.29) is 5.78 Å². The lowest BCUT2D eigenvalue weighted by molar-refractivity contribution is -0.116. The van der Waals surface area contributed by atoms with Crippen molar-refractivity contribution in [3.63, 3.8) is 0 Å². The Balaban J connectivity index is 3.15. The van der Waals surface area contributed by atoms with Crippen molar-refractivity contribution in [3.05, 3.63) is 29.3 Å². The number of alkyl halides is 2. The predicted octanol–water partition coefficient (Wildman–Crippen LogP) is 3.03. The monoisotopic (exact) mass is 275 g/mol. The Labute approximate surface area is 96.6 Å². The molecule has 0 aliphatic carbocycles. The van der Waals surface area contributed by atoms with Gasteiger partial charge in [0.15, 0.2) is 5.78 Å². The van der Waals surface area contributed by atoms with Gasteiger partial charge in [-0.05, 0) is 12.5 Å². The third-order valence-electron chi connectivity index (χ3n) is 2.00. The minimum Gasteiger partial charge on any atom is -0.398 e. The first kappa shape index (κ1) is 11.5. The van der Waals surface area contributed by atoms with Crippen molar-refractivity contribution in [1.29, 1.82) is 0 Å². The van der Waals surface area contributed by atoms with Crippen LogP contribution >= 0.6 is 27.5 Å². The summed E-state index contributed by atoms with van der Waals surface area (Å²) in [5.41, 5.74) is 8.11. The van der Waals surface area contributed by atoms with Crippen molar-refractivity contribution in [2.75, 3.05) is 5.73 Å². The normalized spacial score (nSPS) is 12.5. The summed E-state index contributed by atoms with van der Waals surface area (Å²) in [6, 6.07) is 5.53. The fourth-order valence-corrected chi connectivity index (χ4v) is 1.87. The largest absolute Gasteiger partial charge is 0.398 e. The van der Waals surface area contributed by atoms with Crippen molar-refractivity contribution in [2.24, 2.45) is 0 Å². The van der Waals surface area contributed by atoms with Gasteiger partial charge in [0.2, 0.25) is 0 Å². The summed E-state index contributed by atoms with van der Waals surface area (Å²) >= 11 is 9.25. The summed E-state index contributed by atoms with van der Waals surface area (Å²) in [6.45, 7) is 1.46. The number of halogens is 2. The summed E-state index contributed by atoms with van der Waals surface area (Å²) in [7, 11) is 0. The van der Waals surface area contributed by atoms with Gasteiger partial charge in [-0.15, -0.1) is 11.6 Å². The van der Waals surface area contributed by atoms with E-state index in [0.29, 0.717) is 16.6 Å². The number of rotatable bonds is 3. The van der Waals surface area contributed by atoms with Gasteiger partial charge in [0, 0.05) is 16.6 Å². The van der Waals surface area contributed by atoms with Gasteiger partial charge >= 0.3 is 0 Å². The molecule has 0 bridgehead atoms. The van der Waals surface area contributed by atoms with Gasteiger partial charge in [0.1, 0.15) is 5.38 Å². The topological polar surface area (TPSA) is 43.1 Å². The van der Waals surface area contributed by atoms with E-state index in [1.54, 1.807) is 6.07 Å². The van der Waals surface area contributed by atoms with Crippen molar-refractivity contribution in [1.82, 2.24) is 0 Å². The zero-order valence-electron chi connectivity index (χ0n) is 7.76. The molecule has 0 aliphatic heterocycles. The van der Waals surface area contributed by atoms with E-state index in [1.807, 2.05) is 12.1 Å². The van der Waals surface area contributed by atoms with Crippen LogP contribution in [0.2, 0.25) is 0 Å². The number of hydrogen-bond donors (Lipinski definition) is 1. The summed E-state index contributed by atoms with van der Waals surface area (Å²) in [5.74, 6) is -0.0925. The zero-order valence-corrected chi connectivity index (χ0v) is 10.1. The lowest BCUT2D eigenvalue weighted by Crippen LogP contribution is -2.06. The molecule has 76 valence electrons. The molecule has 0 heterocycles. The Hall–Kier alpha value is -0.540. The van der Waals surface area contributed by atoms with Crippen LogP contribution in [0.5, 0.6) is 0 Å². The molecule has 14 heavy (non-hydrogen) atoms. The molecule has 0 fully saturated rings. The van der Waals surface area contributed by atoms with Gasteiger partial charge in [-0.3, -0.25) is 4.79 Å². The Bertz CT molecular complexity index is 354. The third kappa shape index (κ3) is 2.28. The third-order valence-corrected chi connectivity index (χ3v) is 3.15. The number of hydrogen-bond acceptors (Lipinski definition) is 2. The van der Waals surface area contributed by atoms with Gasteiger partial charge < -0.3 is 5.73 Å². The molecule has 1 rings (SSSR count). The highest BCUT2D eigenvalue weighted by Crippen LogP contribution is 2.29. The van der Waals surface area contributed by atoms with Gasteiger partial charge in [0.05, 0.1) is 0 Å². The fourth-order valence-electron chi connectivity index (χ4n) is 1.19. The molecule has 0 spiro atoms. The molecule has 4 heteroatoms. The van der Waals surface area contributed by atoms with Crippen LogP contribution in [-0.2, 0) is 10.1 Å². The fraction of sp³-hybridized carbons (Fsp3) is 0.300. The first-order chi connectivity index (χ1) is 6.57. The van der Waals surface area contributed by atoms with E-state index >= 15 is 0 Å². The number of benzene rings is 1. The number of nitrogens with two attached hydrogens (primary N) is 1. The van der Waals surface area contributed by atoms with E-state index in [0.717, 1.165) is 5.56 Å². The molecule has 0 radical (unpaired) electrons. The maximum absolute atomic E-state index is 11.1. The SMILES string of the molecule is CC(=O)C(Cl)c1cccc(CBr)c1N. The van der Waals surface area contributed by atoms with Gasteiger partial charge in [0.25, 0.3) is 0 Å². The maximum atomic E-state index is 11.1. The molecular weight excluding hydrogens is 265 g/mol. The number of anilines is 1. The molecule has 0 aliphatic rings. The molecule has 1 aromatic rings. The van der Waals surface area contributed by atoms with Crippen molar-refractivity contribution < 1.29 is 4.79 Å². The molecule has 1 unspecified atom stereocenters. The molecule has 0 saturated carbocycles. The number of para-hydroxylation sites is 1. The summed E-state index contributed by atoms with van der Waals surface area (Å²) in [4.78, 5) is 11.1. The lowest BCUT2D eigenvalue weighted by atomic mass is 10.0. The van der Waals surface area contributed by atoms with Gasteiger partial charge in [-0.2, -0.15) is 0 Å². The molecule has 2 nitrogen and oxygen atoms in total. The first-order valence-electron chi connectivity index (χ1n) is 4.15. The zero-order chi connectivity index (χ0) is 10.7. The van der Waals surface area contributed by atoms with Crippen LogP contribution in [0.25, 0.3) is 0 Å². The Morgan fingerprint density at radius 2 is 2.29 bits per heavy atom. The molecule has 0 aromatic heterocycles. The van der Waals surface area contributed by atoms with Crippen molar-refractivity contribution in [2.45, 2.75) is 17.6 Å². The quantitative estimate of drug-likeness (QED) is 0.681. The maximum Gasteiger partial charge on any atom is 0.152 e. The Morgan fingerprint density at radius 1 is 1.64 bits per heavy atom. The van der Waals surface area contributed by atoms with E-state index in [2.05, 4.69) is 15.9 Å². The second-order valence-electron chi connectivity index (χ2n) is 3.03. The van der Waals surface area contributed by atoms with Crippen LogP contribution in [0.4, 0.5) is 5.69 Å². The predicted molar refractivity (Wildman–Crippen MR) is 62.8 cm³/mol. The Morgan fingerprint density at radius 3 is 2.79 bits per heavy atom. The average Bonchev–Trinajstić information content (AvgIpc) is 2.17. The average molecular weight is 277 g/mol. The molecule has 0 saturated heterocycles. The molecule has 2 N–H and O–H groups in total. The van der Waals surface area contributed by atoms with E-state index in [4.69, 9.17) is 17.3 Å². The minimum atomic E-state index is -0.644. The number of Topliss-reactive ketones (excluding diaryl/α,β-unsaturated/α-hetero) is 1. The first-order valence-corrected chi connectivity index (χ1v) is 5.71. The Kier molecular flexibility index (Phi) is 3.96. The van der Waals surface area contributed by atoms with Crippen molar-refractivity contribution in [3.8, 4) is 0 Å². The summed E-state index contributed by atoms with van der Waals surface area (Å²) in [6.07, 6.45) is 0. The molecular formula is C10H11BrClNO. The number of carbonyl (C=O) groups is 1. The van der Waals surface area contributed by atoms with Crippen LogP contribution in [0.15, 0.2) is 18.2 Å². The van der Waals surface area contributed by atoms with E-state index in [1.165, 1.54) is 6.92 Å². The minimum absolute atomic E-state index is 0.0925. The van der Waals surface area contributed by atoms with Crippen molar-refractivity contribution >= 4 is 39.0 Å². The summed E-state index contributed by atoms with van der Waals surface area (Å²) < 4.78 is 0. The highest BCUT2D eigenvalue weighted by Gasteiger charge is 2.16. The lowest BCUT2D eigenvalue weighted by Gasteiger charge is -2.11. The smallest absolute Gasteiger partial charge is 0.152 e. The highest BCUT2D eigenvalue weighted by atomic mass is 79.9. The number of carbonyl (C=O) groups excluding carboxylic acids is 1.